The SMILES string of the molecule is CO[C@H](COC(Cc1ccc(OCc2ccccc2)cc1)(C(=O)O)C(=O)O)[C@@H](O)[C@H](F)n1cnc2c(N)nc(Cl)nc21. The summed E-state index contributed by atoms with van der Waals surface area (Å²) in [4.78, 5) is 36.0. The topological polar surface area (TPSA) is 192 Å². The minimum absolute atomic E-state index is 0.0340. The number of aromatic nitrogens is 4. The number of carboxylic acids is 2. The molecule has 0 saturated heterocycles. The maximum absolute atomic E-state index is 15.4. The standard InChI is InChI=1S/C27H27ClFN5O8/c1-40-18(20(35)21(29)34-14-31-19-22(30)32-26(28)33-23(19)34)13-42-27(24(36)37,25(38)39)11-15-7-9-17(10-8-15)41-12-16-5-3-2-4-6-16/h2-10,14,18,20-21,35H,11-13H2,1H3,(H,36,37)(H,38,39)(H2,30,32,33)/t18-,20-,21-/m1/s1. The second-order valence-corrected chi connectivity index (χ2v) is 9.52. The van der Waals surface area contributed by atoms with Gasteiger partial charge in [-0.3, -0.25) is 4.57 Å². The highest BCUT2D eigenvalue weighted by molar-refractivity contribution is 6.28. The number of carboxylic acid groups (broad SMARTS) is 2. The largest absolute Gasteiger partial charge is 0.489 e. The number of alkyl halides is 1. The van der Waals surface area contributed by atoms with Crippen LogP contribution in [0.15, 0.2) is 60.9 Å². The highest BCUT2D eigenvalue weighted by atomic mass is 35.5. The summed E-state index contributed by atoms with van der Waals surface area (Å²) < 4.78 is 32.5. The van der Waals surface area contributed by atoms with Crippen molar-refractivity contribution in [2.45, 2.75) is 37.1 Å². The van der Waals surface area contributed by atoms with Gasteiger partial charge in [0.15, 0.2) is 11.5 Å². The number of methoxy groups -OCH3 is 1. The Morgan fingerprint density at radius 1 is 1.07 bits per heavy atom. The summed E-state index contributed by atoms with van der Waals surface area (Å²) in [6, 6.07) is 15.6. The quantitative estimate of drug-likeness (QED) is 0.122. The number of imidazole rings is 1. The Hall–Kier alpha value is -4.37. The minimum atomic E-state index is -2.79. The Morgan fingerprint density at radius 2 is 1.74 bits per heavy atom. The second kappa shape index (κ2) is 13.1. The van der Waals surface area contributed by atoms with Crippen LogP contribution in [0.2, 0.25) is 5.28 Å². The van der Waals surface area contributed by atoms with Crippen molar-refractivity contribution < 1.29 is 43.5 Å². The third-order valence-corrected chi connectivity index (χ3v) is 6.63. The second-order valence-electron chi connectivity index (χ2n) is 9.18. The monoisotopic (exact) mass is 603 g/mol. The van der Waals surface area contributed by atoms with Gasteiger partial charge in [0.2, 0.25) is 11.6 Å². The lowest BCUT2D eigenvalue weighted by molar-refractivity contribution is -0.192. The van der Waals surface area contributed by atoms with Crippen molar-refractivity contribution in [3.05, 3.63) is 77.3 Å². The van der Waals surface area contributed by atoms with Gasteiger partial charge in [-0.2, -0.15) is 9.97 Å². The van der Waals surface area contributed by atoms with Gasteiger partial charge in [-0.15, -0.1) is 0 Å². The molecule has 4 aromatic rings. The molecule has 2 aromatic carbocycles. The zero-order valence-corrected chi connectivity index (χ0v) is 22.9. The van der Waals surface area contributed by atoms with Gasteiger partial charge in [0, 0.05) is 13.5 Å². The van der Waals surface area contributed by atoms with Crippen molar-refractivity contribution >= 4 is 40.5 Å². The van der Waals surface area contributed by atoms with Gasteiger partial charge in [-0.25, -0.2) is 19.0 Å². The van der Waals surface area contributed by atoms with Crippen molar-refractivity contribution in [2.75, 3.05) is 19.5 Å². The Kier molecular flexibility index (Phi) is 9.52. The number of halogens is 2. The van der Waals surface area contributed by atoms with Gasteiger partial charge in [-0.05, 0) is 34.9 Å². The molecule has 0 amide bonds. The summed E-state index contributed by atoms with van der Waals surface area (Å²) in [5.74, 6) is -3.23. The number of ether oxygens (including phenoxy) is 3. The van der Waals surface area contributed by atoms with Crippen LogP contribution in [0.5, 0.6) is 5.75 Å². The van der Waals surface area contributed by atoms with E-state index < -0.39 is 49.1 Å². The first kappa shape index (κ1) is 30.6. The highest BCUT2D eigenvalue weighted by Crippen LogP contribution is 2.28. The number of fused-ring (bicyclic) bond motifs is 1. The Labute approximate surface area is 243 Å². The van der Waals surface area contributed by atoms with Crippen LogP contribution in [0.25, 0.3) is 11.2 Å². The fourth-order valence-corrected chi connectivity index (χ4v) is 4.28. The number of anilines is 1. The maximum atomic E-state index is 15.4. The van der Waals surface area contributed by atoms with Gasteiger partial charge in [-0.1, -0.05) is 42.5 Å². The van der Waals surface area contributed by atoms with E-state index >= 15 is 4.39 Å². The molecular formula is C27H27ClFN5O8. The fraction of sp³-hybridized carbons (Fsp3) is 0.296. The lowest BCUT2D eigenvalue weighted by Gasteiger charge is -2.30. The van der Waals surface area contributed by atoms with Crippen LogP contribution in [0, 0.1) is 0 Å². The molecule has 222 valence electrons. The number of carbonyl (C=O) groups is 2. The van der Waals surface area contributed by atoms with E-state index in [9.17, 15) is 24.9 Å². The molecule has 5 N–H and O–H groups in total. The Bertz CT molecular complexity index is 1530. The molecule has 15 heteroatoms. The molecule has 0 unspecified atom stereocenters. The lowest BCUT2D eigenvalue weighted by atomic mass is 9.94. The molecule has 2 aromatic heterocycles. The third kappa shape index (κ3) is 6.57. The van der Waals surface area contributed by atoms with E-state index in [1.807, 2.05) is 30.3 Å². The lowest BCUT2D eigenvalue weighted by Crippen LogP contribution is -2.53. The first-order chi connectivity index (χ1) is 20.1. The van der Waals surface area contributed by atoms with E-state index in [4.69, 9.17) is 31.5 Å². The van der Waals surface area contributed by atoms with E-state index in [0.29, 0.717) is 17.9 Å². The van der Waals surface area contributed by atoms with Gasteiger partial charge >= 0.3 is 11.9 Å². The van der Waals surface area contributed by atoms with Crippen LogP contribution >= 0.6 is 11.6 Å². The molecule has 0 spiro atoms. The van der Waals surface area contributed by atoms with Crippen molar-refractivity contribution in [3.8, 4) is 5.75 Å². The Balaban J connectivity index is 1.47. The summed E-state index contributed by atoms with van der Waals surface area (Å²) in [5, 5.41) is 30.3. The fourth-order valence-electron chi connectivity index (χ4n) is 4.11. The van der Waals surface area contributed by atoms with Gasteiger partial charge < -0.3 is 35.3 Å². The van der Waals surface area contributed by atoms with Crippen LogP contribution in [0.1, 0.15) is 17.4 Å². The van der Waals surface area contributed by atoms with E-state index in [0.717, 1.165) is 23.6 Å². The smallest absolute Gasteiger partial charge is 0.348 e. The number of benzene rings is 2. The molecule has 0 radical (unpaired) electrons. The average Bonchev–Trinajstić information content (AvgIpc) is 3.40. The number of hydrogen-bond acceptors (Lipinski definition) is 10. The molecule has 4 rings (SSSR count). The van der Waals surface area contributed by atoms with Crippen molar-refractivity contribution in [3.63, 3.8) is 0 Å². The predicted molar refractivity (Wildman–Crippen MR) is 147 cm³/mol. The number of aliphatic hydroxyl groups excluding tert-OH is 1. The zero-order valence-electron chi connectivity index (χ0n) is 22.1. The molecule has 0 aliphatic heterocycles. The summed E-state index contributed by atoms with van der Waals surface area (Å²) in [7, 11) is 1.12. The summed E-state index contributed by atoms with van der Waals surface area (Å²) in [5.41, 5.74) is 4.12. The molecule has 0 fully saturated rings. The van der Waals surface area contributed by atoms with E-state index in [2.05, 4.69) is 15.0 Å². The molecule has 0 aliphatic carbocycles. The number of nitrogens with two attached hydrogens (primary N) is 1. The number of rotatable bonds is 14. The molecule has 3 atom stereocenters. The first-order valence-electron chi connectivity index (χ1n) is 12.4. The minimum Gasteiger partial charge on any atom is -0.489 e. The van der Waals surface area contributed by atoms with Crippen molar-refractivity contribution in [1.29, 1.82) is 0 Å². The molecule has 0 aliphatic rings. The van der Waals surface area contributed by atoms with Crippen molar-refractivity contribution in [1.82, 2.24) is 19.5 Å². The summed E-state index contributed by atoms with van der Waals surface area (Å²) in [6.45, 7) is -0.504. The van der Waals surface area contributed by atoms with E-state index in [1.165, 1.54) is 12.1 Å². The normalized spacial score (nSPS) is 13.9. The highest BCUT2D eigenvalue weighted by Gasteiger charge is 2.49. The molecular weight excluding hydrogens is 577 g/mol. The van der Waals surface area contributed by atoms with Gasteiger partial charge in [0.25, 0.3) is 5.60 Å². The molecule has 42 heavy (non-hydrogen) atoms. The maximum Gasteiger partial charge on any atom is 0.348 e. The van der Waals surface area contributed by atoms with Crippen LogP contribution < -0.4 is 10.5 Å². The predicted octanol–water partition coefficient (Wildman–Crippen LogP) is 2.65. The zero-order chi connectivity index (χ0) is 30.4. The van der Waals surface area contributed by atoms with Crippen LogP contribution in [0.4, 0.5) is 10.2 Å². The van der Waals surface area contributed by atoms with E-state index in [-0.39, 0.29) is 22.3 Å². The molecule has 13 nitrogen and oxygen atoms in total. The number of aliphatic carboxylic acids is 2. The van der Waals surface area contributed by atoms with Crippen LogP contribution in [-0.2, 0) is 32.1 Å². The number of nitrogens with zero attached hydrogens (tertiary/aromatic N) is 4. The number of nitrogen functional groups attached to an aromatic ring is 1. The van der Waals surface area contributed by atoms with E-state index in [1.54, 1.807) is 12.1 Å². The number of aliphatic hydroxyl groups is 1. The number of hydrogen-bond donors (Lipinski definition) is 4. The van der Waals surface area contributed by atoms with Crippen LogP contribution in [0.3, 0.4) is 0 Å². The molecule has 0 saturated carbocycles. The molecule has 2 heterocycles. The van der Waals surface area contributed by atoms with Crippen LogP contribution in [-0.4, -0.2) is 78.3 Å². The average molecular weight is 604 g/mol. The van der Waals surface area contributed by atoms with Crippen molar-refractivity contribution in [2.24, 2.45) is 0 Å². The Morgan fingerprint density at radius 3 is 2.36 bits per heavy atom. The summed E-state index contributed by atoms with van der Waals surface area (Å²) in [6.07, 6.45) is -5.33. The van der Waals surface area contributed by atoms with Gasteiger partial charge in [0.1, 0.15) is 30.1 Å². The van der Waals surface area contributed by atoms with Gasteiger partial charge in [0.05, 0.1) is 12.9 Å². The first-order valence-corrected chi connectivity index (χ1v) is 12.8. The third-order valence-electron chi connectivity index (χ3n) is 6.46. The summed E-state index contributed by atoms with van der Waals surface area (Å²) >= 11 is 5.81. The molecule has 0 bridgehead atoms.